The molecule has 1 heterocycles. The van der Waals surface area contributed by atoms with Crippen LogP contribution < -0.4 is 10.6 Å². The lowest BCUT2D eigenvalue weighted by atomic mass is 10.0. The van der Waals surface area contributed by atoms with E-state index in [1.54, 1.807) is 7.11 Å². The van der Waals surface area contributed by atoms with Gasteiger partial charge in [-0.1, -0.05) is 37.3 Å². The topological polar surface area (TPSA) is 55.3 Å². The zero-order valence-corrected chi connectivity index (χ0v) is 15.2. The van der Waals surface area contributed by atoms with E-state index in [1.165, 1.54) is 5.56 Å². The molecule has 0 saturated carbocycles. The zero-order valence-electron chi connectivity index (χ0n) is 15.2. The maximum atomic E-state index is 12.2. The predicted molar refractivity (Wildman–Crippen MR) is 106 cm³/mol. The third-order valence-electron chi connectivity index (χ3n) is 4.50. The highest BCUT2D eigenvalue weighted by atomic mass is 16.5. The number of aromatic nitrogens is 1. The lowest BCUT2D eigenvalue weighted by molar-refractivity contribution is 0.188. The number of urea groups is 1. The Morgan fingerprint density at radius 2 is 1.96 bits per heavy atom. The summed E-state index contributed by atoms with van der Waals surface area (Å²) in [5.41, 5.74) is 3.13. The minimum Gasteiger partial charge on any atom is -0.383 e. The highest BCUT2D eigenvalue weighted by Crippen LogP contribution is 2.20. The average molecular weight is 351 g/mol. The van der Waals surface area contributed by atoms with Gasteiger partial charge in [0.05, 0.1) is 6.61 Å². The number of benzene rings is 2. The first-order chi connectivity index (χ1) is 12.7. The van der Waals surface area contributed by atoms with Crippen LogP contribution in [0.1, 0.15) is 18.4 Å². The Kier molecular flexibility index (Phi) is 5.92. The number of amides is 2. The second-order valence-corrected chi connectivity index (χ2v) is 6.42. The number of hydrogen-bond acceptors (Lipinski definition) is 2. The fourth-order valence-corrected chi connectivity index (χ4v) is 2.98. The van der Waals surface area contributed by atoms with Gasteiger partial charge in [0.25, 0.3) is 0 Å². The van der Waals surface area contributed by atoms with Gasteiger partial charge >= 0.3 is 6.03 Å². The molecule has 5 nitrogen and oxygen atoms in total. The van der Waals surface area contributed by atoms with Crippen molar-refractivity contribution in [3.05, 3.63) is 66.4 Å². The molecule has 1 atom stereocenters. The van der Waals surface area contributed by atoms with E-state index in [9.17, 15) is 4.79 Å². The summed E-state index contributed by atoms with van der Waals surface area (Å²) in [5, 5.41) is 6.94. The quantitative estimate of drug-likeness (QED) is 0.670. The van der Waals surface area contributed by atoms with Crippen molar-refractivity contribution >= 4 is 22.6 Å². The maximum Gasteiger partial charge on any atom is 0.319 e. The number of carbonyl (C=O) groups excluding carboxylic acids is 1. The second kappa shape index (κ2) is 8.54. The Balaban J connectivity index is 1.57. The van der Waals surface area contributed by atoms with Crippen molar-refractivity contribution in [3.63, 3.8) is 0 Å². The first-order valence-electron chi connectivity index (χ1n) is 8.85. The van der Waals surface area contributed by atoms with Crippen molar-refractivity contribution in [2.75, 3.05) is 25.6 Å². The number of fused-ring (bicyclic) bond motifs is 1. The Bertz CT molecular complexity index is 858. The summed E-state index contributed by atoms with van der Waals surface area (Å²) in [6.45, 7) is 4.17. The lowest BCUT2D eigenvalue weighted by Crippen LogP contribution is -2.31. The van der Waals surface area contributed by atoms with Gasteiger partial charge in [-0.3, -0.25) is 0 Å². The zero-order chi connectivity index (χ0) is 18.4. The Morgan fingerprint density at radius 3 is 2.73 bits per heavy atom. The van der Waals surface area contributed by atoms with Crippen molar-refractivity contribution in [3.8, 4) is 0 Å². The van der Waals surface area contributed by atoms with E-state index in [-0.39, 0.29) is 11.9 Å². The molecule has 3 rings (SSSR count). The molecule has 0 bridgehead atoms. The van der Waals surface area contributed by atoms with Crippen molar-refractivity contribution in [1.29, 1.82) is 0 Å². The lowest BCUT2D eigenvalue weighted by Gasteiger charge is -2.14. The van der Waals surface area contributed by atoms with Gasteiger partial charge in [-0.2, -0.15) is 0 Å². The first-order valence-corrected chi connectivity index (χ1v) is 8.85. The molecular formula is C21H25N3O2. The van der Waals surface area contributed by atoms with Gasteiger partial charge in [-0.05, 0) is 35.7 Å². The monoisotopic (exact) mass is 351 g/mol. The van der Waals surface area contributed by atoms with E-state index in [0.717, 1.165) is 23.1 Å². The van der Waals surface area contributed by atoms with Crippen molar-refractivity contribution < 1.29 is 9.53 Å². The number of anilines is 1. The molecule has 2 aromatic carbocycles. The van der Waals surface area contributed by atoms with Crippen LogP contribution >= 0.6 is 0 Å². The second-order valence-electron chi connectivity index (χ2n) is 6.42. The minimum atomic E-state index is -0.189. The largest absolute Gasteiger partial charge is 0.383 e. The fourth-order valence-electron chi connectivity index (χ4n) is 2.98. The van der Waals surface area contributed by atoms with E-state index in [1.807, 2.05) is 48.7 Å². The Hall–Kier alpha value is -2.79. The van der Waals surface area contributed by atoms with Gasteiger partial charge in [0, 0.05) is 43.0 Å². The number of rotatable bonds is 7. The fraction of sp³-hybridized carbons (Fsp3) is 0.286. The van der Waals surface area contributed by atoms with Crippen LogP contribution in [0.5, 0.6) is 0 Å². The SMILES string of the molecule is COCCn1ccc2cc(NC(=O)NCC(C)c3ccccc3)ccc21. The predicted octanol–water partition coefficient (Wildman–Crippen LogP) is 4.21. The summed E-state index contributed by atoms with van der Waals surface area (Å²) in [4.78, 5) is 12.2. The third-order valence-corrected chi connectivity index (χ3v) is 4.50. The number of nitrogens with one attached hydrogen (secondary N) is 2. The smallest absolute Gasteiger partial charge is 0.319 e. The molecule has 1 unspecified atom stereocenters. The van der Waals surface area contributed by atoms with Gasteiger partial charge in [0.15, 0.2) is 0 Å². The van der Waals surface area contributed by atoms with Gasteiger partial charge < -0.3 is 19.9 Å². The van der Waals surface area contributed by atoms with Gasteiger partial charge in [0.1, 0.15) is 0 Å². The van der Waals surface area contributed by atoms with E-state index in [0.29, 0.717) is 13.2 Å². The van der Waals surface area contributed by atoms with Gasteiger partial charge in [0.2, 0.25) is 0 Å². The van der Waals surface area contributed by atoms with Crippen LogP contribution in [0.25, 0.3) is 10.9 Å². The summed E-state index contributed by atoms with van der Waals surface area (Å²) < 4.78 is 7.28. The van der Waals surface area contributed by atoms with E-state index in [2.05, 4.69) is 34.3 Å². The molecule has 3 aromatic rings. The third kappa shape index (κ3) is 4.43. The van der Waals surface area contributed by atoms with Crippen molar-refractivity contribution in [2.45, 2.75) is 19.4 Å². The maximum absolute atomic E-state index is 12.2. The number of carbonyl (C=O) groups is 1. The van der Waals surface area contributed by atoms with Crippen molar-refractivity contribution in [2.24, 2.45) is 0 Å². The summed E-state index contributed by atoms with van der Waals surface area (Å²) in [5.74, 6) is 0.263. The summed E-state index contributed by atoms with van der Waals surface area (Å²) in [6.07, 6.45) is 2.04. The molecule has 136 valence electrons. The molecule has 0 radical (unpaired) electrons. The summed E-state index contributed by atoms with van der Waals surface area (Å²) >= 11 is 0. The number of nitrogens with zero attached hydrogens (tertiary/aromatic N) is 1. The number of ether oxygens (including phenoxy) is 1. The molecular weight excluding hydrogens is 326 g/mol. The summed E-state index contributed by atoms with van der Waals surface area (Å²) in [6, 6.07) is 18.0. The number of methoxy groups -OCH3 is 1. The van der Waals surface area contributed by atoms with Crippen molar-refractivity contribution in [1.82, 2.24) is 9.88 Å². The standard InChI is InChI=1S/C21H25N3O2/c1-16(17-6-4-3-5-7-17)15-22-21(25)23-19-8-9-20-18(14-19)10-11-24(20)12-13-26-2/h3-11,14,16H,12-13,15H2,1-2H3,(H2,22,23,25). The molecule has 0 saturated heterocycles. The molecule has 26 heavy (non-hydrogen) atoms. The highest BCUT2D eigenvalue weighted by Gasteiger charge is 2.08. The van der Waals surface area contributed by atoms with E-state index < -0.39 is 0 Å². The molecule has 2 N–H and O–H groups in total. The van der Waals surface area contributed by atoms with Crippen LogP contribution in [0.4, 0.5) is 10.5 Å². The molecule has 5 heteroatoms. The van der Waals surface area contributed by atoms with Crippen LogP contribution in [-0.4, -0.2) is 30.9 Å². The van der Waals surface area contributed by atoms with E-state index in [4.69, 9.17) is 4.74 Å². The minimum absolute atomic E-state index is 0.189. The van der Waals surface area contributed by atoms with Gasteiger partial charge in [-0.25, -0.2) is 4.79 Å². The van der Waals surface area contributed by atoms with Gasteiger partial charge in [-0.15, -0.1) is 0 Å². The normalized spacial score (nSPS) is 12.1. The van der Waals surface area contributed by atoms with Crippen LogP contribution in [0, 0.1) is 0 Å². The van der Waals surface area contributed by atoms with Crippen LogP contribution in [0.15, 0.2) is 60.8 Å². The molecule has 0 aliphatic heterocycles. The first kappa shape index (κ1) is 18.0. The molecule has 0 aliphatic rings. The molecule has 1 aromatic heterocycles. The summed E-state index contributed by atoms with van der Waals surface area (Å²) in [7, 11) is 1.70. The Labute approximate surface area is 154 Å². The Morgan fingerprint density at radius 1 is 1.15 bits per heavy atom. The number of hydrogen-bond donors (Lipinski definition) is 2. The van der Waals surface area contributed by atoms with E-state index >= 15 is 0 Å². The molecule has 0 aliphatic carbocycles. The molecule has 0 spiro atoms. The molecule has 2 amide bonds. The molecule has 0 fully saturated rings. The average Bonchev–Trinajstić information content (AvgIpc) is 3.07. The van der Waals surface area contributed by atoms with Crippen LogP contribution in [0.2, 0.25) is 0 Å². The van der Waals surface area contributed by atoms with Crippen LogP contribution in [0.3, 0.4) is 0 Å². The highest BCUT2D eigenvalue weighted by molar-refractivity contribution is 5.93. The van der Waals surface area contributed by atoms with Crippen LogP contribution in [-0.2, 0) is 11.3 Å².